The molecule has 2 aromatic heterocycles. The summed E-state index contributed by atoms with van der Waals surface area (Å²) < 4.78 is 13.7. The Bertz CT molecular complexity index is 864. The molecule has 6 nitrogen and oxygen atoms in total. The average Bonchev–Trinajstić information content (AvgIpc) is 3.23. The number of aromatic amines is 1. The molecule has 1 aromatic carbocycles. The van der Waals surface area contributed by atoms with Gasteiger partial charge in [-0.05, 0) is 48.6 Å². The third-order valence-electron chi connectivity index (χ3n) is 4.52. The van der Waals surface area contributed by atoms with Gasteiger partial charge in [-0.2, -0.15) is 0 Å². The number of nitrogens with two attached hydrogens (primary N) is 1. The van der Waals surface area contributed by atoms with Crippen LogP contribution in [0, 0.1) is 5.82 Å². The maximum absolute atomic E-state index is 13.7. The van der Waals surface area contributed by atoms with Gasteiger partial charge >= 0.3 is 0 Å². The average molecular weight is 380 g/mol. The molecule has 1 atom stereocenters. The first-order valence-electron chi connectivity index (χ1n) is 9.39. The number of benzene rings is 1. The van der Waals surface area contributed by atoms with Crippen LogP contribution in [0.4, 0.5) is 4.39 Å². The van der Waals surface area contributed by atoms with Gasteiger partial charge in [0.25, 0.3) is 0 Å². The van der Waals surface area contributed by atoms with Crippen LogP contribution in [0.1, 0.15) is 35.6 Å². The molecule has 0 saturated carbocycles. The van der Waals surface area contributed by atoms with E-state index in [1.807, 2.05) is 30.6 Å². The Labute approximate surface area is 164 Å². The van der Waals surface area contributed by atoms with E-state index in [0.717, 1.165) is 36.1 Å². The molecule has 0 aliphatic heterocycles. The minimum absolute atomic E-state index is 0.0325. The zero-order valence-corrected chi connectivity index (χ0v) is 15.7. The zero-order valence-electron chi connectivity index (χ0n) is 15.7. The highest BCUT2D eigenvalue weighted by Crippen LogP contribution is 2.27. The number of aryl methyl sites for hydroxylation is 1. The molecule has 1 unspecified atom stereocenters. The lowest BCUT2D eigenvalue weighted by Crippen LogP contribution is -2.33. The van der Waals surface area contributed by atoms with Crippen LogP contribution in [0.2, 0.25) is 0 Å². The number of hydrogen-bond acceptors (Lipinski definition) is 3. The summed E-state index contributed by atoms with van der Waals surface area (Å²) in [5.74, 6) is 0.219. The third kappa shape index (κ3) is 5.90. The normalized spacial score (nSPS) is 12.7. The first kappa shape index (κ1) is 19.5. The van der Waals surface area contributed by atoms with Gasteiger partial charge < -0.3 is 16.0 Å². The summed E-state index contributed by atoms with van der Waals surface area (Å²) in [4.78, 5) is 15.6. The Hall–Kier alpha value is -3.22. The summed E-state index contributed by atoms with van der Waals surface area (Å²) in [7, 11) is 0. The van der Waals surface area contributed by atoms with Crippen molar-refractivity contribution in [2.75, 3.05) is 13.1 Å². The predicted octanol–water partition coefficient (Wildman–Crippen LogP) is 3.00. The second-order valence-electron chi connectivity index (χ2n) is 6.56. The Balaban J connectivity index is 1.52. The third-order valence-corrected chi connectivity index (χ3v) is 4.52. The van der Waals surface area contributed by atoms with E-state index in [1.54, 1.807) is 24.7 Å². The molecule has 28 heavy (non-hydrogen) atoms. The summed E-state index contributed by atoms with van der Waals surface area (Å²) in [5, 5.41) is 3.15. The van der Waals surface area contributed by atoms with Gasteiger partial charge in [-0.15, -0.1) is 0 Å². The van der Waals surface area contributed by atoms with Crippen molar-refractivity contribution in [2.24, 2.45) is 10.7 Å². The van der Waals surface area contributed by atoms with Crippen molar-refractivity contribution in [1.82, 2.24) is 20.3 Å². The van der Waals surface area contributed by atoms with E-state index in [2.05, 4.69) is 25.3 Å². The standard InChI is InChI=1S/C21H25FN6/c22-18-6-1-4-16(12-18)20(17-5-2-9-24-13-17)8-11-27-21(23)26-10-3-7-19-14-25-15-28-19/h1-2,4-6,9,12-15,20H,3,7-8,10-11H2,(H,25,28)(H3,23,26,27). The van der Waals surface area contributed by atoms with Gasteiger partial charge in [0.2, 0.25) is 0 Å². The predicted molar refractivity (Wildman–Crippen MR) is 108 cm³/mol. The maximum Gasteiger partial charge on any atom is 0.188 e. The molecule has 0 fully saturated rings. The van der Waals surface area contributed by atoms with E-state index in [1.165, 1.54) is 6.07 Å². The van der Waals surface area contributed by atoms with E-state index in [4.69, 9.17) is 5.73 Å². The fraction of sp³-hybridized carbons (Fsp3) is 0.286. The van der Waals surface area contributed by atoms with Crippen LogP contribution in [-0.2, 0) is 6.42 Å². The Morgan fingerprint density at radius 1 is 1.18 bits per heavy atom. The molecular weight excluding hydrogens is 355 g/mol. The van der Waals surface area contributed by atoms with Gasteiger partial charge in [-0.1, -0.05) is 18.2 Å². The van der Waals surface area contributed by atoms with E-state index in [-0.39, 0.29) is 11.7 Å². The summed E-state index contributed by atoms with van der Waals surface area (Å²) in [6, 6.07) is 10.6. The highest BCUT2D eigenvalue weighted by molar-refractivity contribution is 5.77. The molecule has 4 N–H and O–H groups in total. The fourth-order valence-electron chi connectivity index (χ4n) is 3.12. The quantitative estimate of drug-likeness (QED) is 0.302. The number of halogens is 1. The van der Waals surface area contributed by atoms with E-state index in [0.29, 0.717) is 19.0 Å². The van der Waals surface area contributed by atoms with Crippen LogP contribution < -0.4 is 11.1 Å². The Kier molecular flexibility index (Phi) is 7.12. The minimum atomic E-state index is -0.238. The van der Waals surface area contributed by atoms with Crippen LogP contribution in [0.3, 0.4) is 0 Å². The zero-order chi connectivity index (χ0) is 19.6. The van der Waals surface area contributed by atoms with Crippen molar-refractivity contribution in [3.05, 3.63) is 84.0 Å². The number of aliphatic imine (C=N–C) groups is 1. The van der Waals surface area contributed by atoms with Gasteiger partial charge in [0.05, 0.1) is 6.33 Å². The minimum Gasteiger partial charge on any atom is -0.370 e. The van der Waals surface area contributed by atoms with Crippen LogP contribution in [0.15, 0.2) is 66.3 Å². The highest BCUT2D eigenvalue weighted by atomic mass is 19.1. The Morgan fingerprint density at radius 3 is 2.82 bits per heavy atom. The molecule has 0 bridgehead atoms. The summed E-state index contributed by atoms with van der Waals surface area (Å²) >= 11 is 0. The number of pyridine rings is 1. The molecule has 0 aliphatic rings. The highest BCUT2D eigenvalue weighted by Gasteiger charge is 2.15. The van der Waals surface area contributed by atoms with Gasteiger partial charge in [0.1, 0.15) is 5.82 Å². The SMILES string of the molecule is NC(=NCCCc1cnc[nH]1)NCCC(c1cccnc1)c1cccc(F)c1. The van der Waals surface area contributed by atoms with Gasteiger partial charge in [0.15, 0.2) is 5.96 Å². The van der Waals surface area contributed by atoms with Crippen LogP contribution in [0.25, 0.3) is 0 Å². The molecular formula is C21H25FN6. The second-order valence-corrected chi connectivity index (χ2v) is 6.56. The van der Waals surface area contributed by atoms with E-state index < -0.39 is 0 Å². The van der Waals surface area contributed by atoms with Crippen molar-refractivity contribution >= 4 is 5.96 Å². The van der Waals surface area contributed by atoms with Gasteiger partial charge in [0, 0.05) is 43.3 Å². The largest absolute Gasteiger partial charge is 0.370 e. The number of imidazole rings is 1. The fourth-order valence-corrected chi connectivity index (χ4v) is 3.12. The molecule has 0 aliphatic carbocycles. The summed E-state index contributed by atoms with van der Waals surface area (Å²) in [5.41, 5.74) is 9.03. The molecule has 0 radical (unpaired) electrons. The topological polar surface area (TPSA) is 92.0 Å². The van der Waals surface area contributed by atoms with E-state index >= 15 is 0 Å². The van der Waals surface area contributed by atoms with Crippen LogP contribution in [-0.4, -0.2) is 34.0 Å². The summed E-state index contributed by atoms with van der Waals surface area (Å²) in [6.45, 7) is 1.28. The lowest BCUT2D eigenvalue weighted by Gasteiger charge is -2.18. The smallest absolute Gasteiger partial charge is 0.188 e. The lowest BCUT2D eigenvalue weighted by atomic mass is 9.89. The molecule has 0 amide bonds. The van der Waals surface area contributed by atoms with Crippen molar-refractivity contribution in [3.63, 3.8) is 0 Å². The number of guanidine groups is 1. The van der Waals surface area contributed by atoms with Crippen molar-refractivity contribution < 1.29 is 4.39 Å². The number of nitrogens with one attached hydrogen (secondary N) is 2. The van der Waals surface area contributed by atoms with Crippen LogP contribution in [0.5, 0.6) is 0 Å². The number of rotatable bonds is 9. The number of nitrogens with zero attached hydrogens (tertiary/aromatic N) is 3. The lowest BCUT2D eigenvalue weighted by molar-refractivity contribution is 0.618. The second kappa shape index (κ2) is 10.2. The van der Waals surface area contributed by atoms with Crippen LogP contribution >= 0.6 is 0 Å². The maximum atomic E-state index is 13.7. The monoisotopic (exact) mass is 380 g/mol. The first-order chi connectivity index (χ1) is 13.7. The number of H-pyrrole nitrogens is 1. The van der Waals surface area contributed by atoms with Gasteiger partial charge in [-0.25, -0.2) is 9.37 Å². The van der Waals surface area contributed by atoms with E-state index in [9.17, 15) is 4.39 Å². The molecule has 2 heterocycles. The molecule has 0 spiro atoms. The molecule has 0 saturated heterocycles. The number of aromatic nitrogens is 3. The molecule has 146 valence electrons. The molecule has 3 rings (SSSR count). The van der Waals surface area contributed by atoms with Crippen molar-refractivity contribution in [1.29, 1.82) is 0 Å². The van der Waals surface area contributed by atoms with Crippen molar-refractivity contribution in [2.45, 2.75) is 25.2 Å². The van der Waals surface area contributed by atoms with Crippen molar-refractivity contribution in [3.8, 4) is 0 Å². The number of hydrogen-bond donors (Lipinski definition) is 3. The summed E-state index contributed by atoms with van der Waals surface area (Å²) in [6.07, 6.45) is 9.58. The first-order valence-corrected chi connectivity index (χ1v) is 9.39. The Morgan fingerprint density at radius 2 is 2.07 bits per heavy atom. The van der Waals surface area contributed by atoms with Gasteiger partial charge in [-0.3, -0.25) is 9.98 Å². The molecule has 7 heteroatoms. The molecule has 3 aromatic rings.